The van der Waals surface area contributed by atoms with Crippen molar-refractivity contribution in [2.45, 2.75) is 43.2 Å². The number of benzene rings is 2. The summed E-state index contributed by atoms with van der Waals surface area (Å²) in [5, 5.41) is 0. The van der Waals surface area contributed by atoms with Gasteiger partial charge >= 0.3 is 0 Å². The Morgan fingerprint density at radius 2 is 1.94 bits per heavy atom. The molecule has 1 saturated carbocycles. The lowest BCUT2D eigenvalue weighted by atomic mass is 9.65. The number of hydrogen-bond acceptors (Lipinski definition) is 5. The van der Waals surface area contributed by atoms with Gasteiger partial charge in [0.25, 0.3) is 5.91 Å². The first-order valence-corrected chi connectivity index (χ1v) is 12.5. The highest BCUT2D eigenvalue weighted by molar-refractivity contribution is 8.00. The molecule has 2 aromatic carbocycles. The van der Waals surface area contributed by atoms with Crippen LogP contribution in [0.5, 0.6) is 0 Å². The quantitative estimate of drug-likeness (QED) is 0.452. The van der Waals surface area contributed by atoms with Gasteiger partial charge in [-0.1, -0.05) is 13.0 Å². The van der Waals surface area contributed by atoms with Gasteiger partial charge in [-0.05, 0) is 85.9 Å². The lowest BCUT2D eigenvalue weighted by molar-refractivity contribution is -0.0382. The van der Waals surface area contributed by atoms with Gasteiger partial charge in [-0.2, -0.15) is 0 Å². The molecule has 7 heteroatoms. The molecule has 2 aliphatic rings. The third-order valence-electron chi connectivity index (χ3n) is 6.72. The van der Waals surface area contributed by atoms with Crippen LogP contribution in [0.2, 0.25) is 0 Å². The Morgan fingerprint density at radius 3 is 2.65 bits per heavy atom. The molecule has 1 amide bonds. The van der Waals surface area contributed by atoms with Crippen molar-refractivity contribution in [1.82, 2.24) is 9.88 Å². The lowest BCUT2D eigenvalue weighted by Gasteiger charge is -2.47. The molecule has 2 heterocycles. The van der Waals surface area contributed by atoms with Crippen molar-refractivity contribution in [3.05, 3.63) is 53.5 Å². The predicted molar refractivity (Wildman–Crippen MR) is 126 cm³/mol. The fraction of sp³-hybridized carbons (Fsp3) is 0.417. The van der Waals surface area contributed by atoms with Gasteiger partial charge in [-0.3, -0.25) is 4.79 Å². The number of carbonyl (C=O) groups is 1. The van der Waals surface area contributed by atoms with E-state index in [1.165, 1.54) is 16.6 Å². The number of rotatable bonds is 5. The Kier molecular flexibility index (Phi) is 5.65. The Balaban J connectivity index is 1.17. The van der Waals surface area contributed by atoms with Gasteiger partial charge < -0.3 is 9.62 Å². The molecule has 0 spiro atoms. The molecule has 1 saturated heterocycles. The van der Waals surface area contributed by atoms with E-state index < -0.39 is 5.67 Å². The number of halogens is 1. The Bertz CT molecular complexity index is 1070. The number of amides is 1. The van der Waals surface area contributed by atoms with E-state index in [-0.39, 0.29) is 11.8 Å². The molecule has 2 fully saturated rings. The first kappa shape index (κ1) is 20.8. The van der Waals surface area contributed by atoms with Crippen LogP contribution in [-0.4, -0.2) is 34.5 Å². The topological polar surface area (TPSA) is 45.2 Å². The molecule has 162 valence electrons. The van der Waals surface area contributed by atoms with Crippen LogP contribution in [0.4, 0.5) is 10.1 Å². The zero-order valence-electron chi connectivity index (χ0n) is 17.5. The van der Waals surface area contributed by atoms with Gasteiger partial charge in [-0.25, -0.2) is 9.37 Å². The number of alkyl halides is 1. The summed E-state index contributed by atoms with van der Waals surface area (Å²) in [4.78, 5) is 20.2. The second-order valence-corrected chi connectivity index (χ2v) is 10.6. The molecule has 5 rings (SSSR count). The number of para-hydroxylation sites is 1. The highest BCUT2D eigenvalue weighted by Crippen LogP contribution is 2.47. The van der Waals surface area contributed by atoms with Gasteiger partial charge in [0.1, 0.15) is 5.67 Å². The maximum absolute atomic E-state index is 15.2. The van der Waals surface area contributed by atoms with E-state index in [1.807, 2.05) is 41.9 Å². The Labute approximate surface area is 190 Å². The minimum atomic E-state index is -1.07. The number of likely N-dealkylation sites (tertiary alicyclic amines) is 1. The molecule has 4 nitrogen and oxygen atoms in total. The first-order valence-electron chi connectivity index (χ1n) is 10.9. The largest absolute Gasteiger partial charge is 0.338 e. The van der Waals surface area contributed by atoms with Crippen LogP contribution in [0.25, 0.3) is 10.2 Å². The van der Waals surface area contributed by atoms with E-state index in [4.69, 9.17) is 0 Å². The maximum atomic E-state index is 15.2. The van der Waals surface area contributed by atoms with E-state index in [0.29, 0.717) is 37.4 Å². The summed E-state index contributed by atoms with van der Waals surface area (Å²) in [6.07, 6.45) is 2.92. The highest BCUT2D eigenvalue weighted by Gasteiger charge is 2.47. The molecule has 3 aromatic rings. The Morgan fingerprint density at radius 1 is 1.19 bits per heavy atom. The number of piperidine rings is 1. The second-order valence-electron chi connectivity index (χ2n) is 8.84. The number of carbonyl (C=O) groups excluding carboxylic acids is 1. The van der Waals surface area contributed by atoms with Crippen LogP contribution in [0.1, 0.15) is 43.0 Å². The summed E-state index contributed by atoms with van der Waals surface area (Å²) in [5.74, 6) is 0.838. The summed E-state index contributed by atoms with van der Waals surface area (Å²) in [6.45, 7) is 3.20. The van der Waals surface area contributed by atoms with Crippen molar-refractivity contribution in [1.29, 1.82) is 0 Å². The van der Waals surface area contributed by atoms with Crippen LogP contribution in [0, 0.1) is 11.8 Å². The van der Waals surface area contributed by atoms with Crippen LogP contribution in [0.15, 0.2) is 52.9 Å². The number of anilines is 1. The molecule has 0 radical (unpaired) electrons. The number of fused-ring (bicyclic) bond motifs is 1. The van der Waals surface area contributed by atoms with Gasteiger partial charge in [0.2, 0.25) is 0 Å². The van der Waals surface area contributed by atoms with Crippen molar-refractivity contribution in [2.75, 3.05) is 17.8 Å². The van der Waals surface area contributed by atoms with Crippen LogP contribution >= 0.6 is 23.3 Å². The van der Waals surface area contributed by atoms with Crippen molar-refractivity contribution in [2.24, 2.45) is 11.8 Å². The second kappa shape index (κ2) is 8.43. The Hall–Kier alpha value is -2.12. The summed E-state index contributed by atoms with van der Waals surface area (Å²) in [5.41, 5.74) is 3.36. The minimum absolute atomic E-state index is 0.00419. The summed E-state index contributed by atoms with van der Waals surface area (Å²) < 4.78 is 19.7. The predicted octanol–water partition coefficient (Wildman–Crippen LogP) is 6.41. The van der Waals surface area contributed by atoms with E-state index in [0.717, 1.165) is 28.9 Å². The molecule has 1 aliphatic heterocycles. The van der Waals surface area contributed by atoms with Gasteiger partial charge in [0.15, 0.2) is 0 Å². The van der Waals surface area contributed by atoms with E-state index >= 15 is 4.39 Å². The molecule has 0 atom stereocenters. The first-order chi connectivity index (χ1) is 15.0. The van der Waals surface area contributed by atoms with Gasteiger partial charge in [0.05, 0.1) is 20.6 Å². The van der Waals surface area contributed by atoms with Crippen molar-refractivity contribution in [3.63, 3.8) is 0 Å². The third-order valence-corrected chi connectivity index (χ3v) is 8.40. The molecule has 1 aromatic heterocycles. The van der Waals surface area contributed by atoms with Crippen LogP contribution in [0.3, 0.4) is 0 Å². The van der Waals surface area contributed by atoms with Gasteiger partial charge in [-0.15, -0.1) is 11.3 Å². The van der Waals surface area contributed by atoms with Crippen molar-refractivity contribution >= 4 is 45.1 Å². The SMILES string of the molecule is CC1CC(C2(F)CCN(C(=O)c3ccc(NSc4cccc5scnc45)cc3)CC2)C1. The van der Waals surface area contributed by atoms with Gasteiger partial charge in [0, 0.05) is 24.3 Å². The van der Waals surface area contributed by atoms with Crippen molar-refractivity contribution < 1.29 is 9.18 Å². The molecule has 1 aliphatic carbocycles. The average molecular weight is 456 g/mol. The van der Waals surface area contributed by atoms with Crippen LogP contribution in [-0.2, 0) is 0 Å². The summed E-state index contributed by atoms with van der Waals surface area (Å²) >= 11 is 3.15. The van der Waals surface area contributed by atoms with E-state index in [1.54, 1.807) is 16.2 Å². The van der Waals surface area contributed by atoms with E-state index in [2.05, 4.69) is 22.7 Å². The molecular weight excluding hydrogens is 429 g/mol. The number of aromatic nitrogens is 1. The maximum Gasteiger partial charge on any atom is 0.253 e. The van der Waals surface area contributed by atoms with Crippen molar-refractivity contribution in [3.8, 4) is 0 Å². The fourth-order valence-electron chi connectivity index (χ4n) is 4.73. The highest BCUT2D eigenvalue weighted by atomic mass is 32.2. The number of thiazole rings is 1. The number of nitrogens with one attached hydrogen (secondary N) is 1. The number of nitrogens with zero attached hydrogens (tertiary/aromatic N) is 2. The zero-order valence-corrected chi connectivity index (χ0v) is 19.1. The molecular formula is C24H26FN3OS2. The third kappa shape index (κ3) is 4.17. The summed E-state index contributed by atoms with van der Waals surface area (Å²) in [6, 6.07) is 13.7. The zero-order chi connectivity index (χ0) is 21.4. The summed E-state index contributed by atoms with van der Waals surface area (Å²) in [7, 11) is 0. The van der Waals surface area contributed by atoms with E-state index in [9.17, 15) is 4.79 Å². The van der Waals surface area contributed by atoms with Crippen LogP contribution < -0.4 is 4.72 Å². The smallest absolute Gasteiger partial charge is 0.253 e. The standard InChI is InChI=1S/C24H26FN3OS2/c1-16-13-18(14-16)24(25)9-11-28(12-10-24)23(29)17-5-7-19(8-6-17)27-31-21-4-2-3-20-22(21)26-15-30-20/h2-8,15-16,18,27H,9-14H2,1H3. The normalized spacial score (nSPS) is 22.8. The molecule has 1 N–H and O–H groups in total. The number of hydrogen-bond donors (Lipinski definition) is 1. The monoisotopic (exact) mass is 455 g/mol. The molecule has 31 heavy (non-hydrogen) atoms. The molecule has 0 unspecified atom stereocenters. The lowest BCUT2D eigenvalue weighted by Crippen LogP contribution is -2.50. The fourth-order valence-corrected chi connectivity index (χ4v) is 6.27. The molecule has 0 bridgehead atoms. The minimum Gasteiger partial charge on any atom is -0.338 e. The average Bonchev–Trinajstić information content (AvgIpc) is 3.25.